The summed E-state index contributed by atoms with van der Waals surface area (Å²) in [6, 6.07) is 6.45. The zero-order valence-corrected chi connectivity index (χ0v) is 14.6. The van der Waals surface area contributed by atoms with Crippen molar-refractivity contribution in [1.82, 2.24) is 19.7 Å². The predicted molar refractivity (Wildman–Crippen MR) is 97.1 cm³/mol. The highest BCUT2D eigenvalue weighted by atomic mass is 15.3. The third-order valence-corrected chi connectivity index (χ3v) is 4.17. The van der Waals surface area contributed by atoms with E-state index in [2.05, 4.69) is 61.5 Å². The number of pyridine rings is 1. The van der Waals surface area contributed by atoms with E-state index in [-0.39, 0.29) is 0 Å². The molecule has 23 heavy (non-hydrogen) atoms. The molecule has 0 radical (unpaired) electrons. The number of hydrogen-bond acceptors (Lipinski definition) is 4. The van der Waals surface area contributed by atoms with Crippen LogP contribution in [0.2, 0.25) is 0 Å². The summed E-state index contributed by atoms with van der Waals surface area (Å²) in [5.74, 6) is 0. The Bertz CT molecular complexity index is 848. The van der Waals surface area contributed by atoms with E-state index in [4.69, 9.17) is 4.98 Å². The largest absolute Gasteiger partial charge is 0.384 e. The van der Waals surface area contributed by atoms with Gasteiger partial charge in [-0.2, -0.15) is 5.10 Å². The monoisotopic (exact) mass is 311 g/mol. The number of anilines is 1. The molecule has 2 aromatic heterocycles. The molecule has 0 fully saturated rings. The maximum absolute atomic E-state index is 4.83. The molecule has 5 heteroatoms. The van der Waals surface area contributed by atoms with Crippen LogP contribution in [0.1, 0.15) is 17.7 Å². The molecule has 5 nitrogen and oxygen atoms in total. The second-order valence-electron chi connectivity index (χ2n) is 6.50. The van der Waals surface area contributed by atoms with Crippen molar-refractivity contribution in [3.05, 3.63) is 29.5 Å². The number of rotatable bonds is 5. The fourth-order valence-corrected chi connectivity index (χ4v) is 3.05. The molecule has 0 aliphatic heterocycles. The predicted octanol–water partition coefficient (Wildman–Crippen LogP) is 3.10. The topological polar surface area (TPSA) is 46.0 Å². The summed E-state index contributed by atoms with van der Waals surface area (Å²) in [4.78, 5) is 7.04. The van der Waals surface area contributed by atoms with Gasteiger partial charge in [0.05, 0.1) is 22.3 Å². The number of nitrogens with one attached hydrogen (secondary N) is 1. The van der Waals surface area contributed by atoms with Gasteiger partial charge in [0.25, 0.3) is 0 Å². The van der Waals surface area contributed by atoms with Crippen molar-refractivity contribution in [2.75, 3.05) is 32.5 Å². The molecule has 0 atom stereocenters. The summed E-state index contributed by atoms with van der Waals surface area (Å²) in [5, 5.41) is 10.5. The van der Waals surface area contributed by atoms with E-state index in [9.17, 15) is 0 Å². The van der Waals surface area contributed by atoms with Crippen LogP contribution in [0, 0.1) is 13.8 Å². The van der Waals surface area contributed by atoms with Gasteiger partial charge in [-0.25, -0.2) is 4.98 Å². The summed E-state index contributed by atoms with van der Waals surface area (Å²) in [6.45, 7) is 6.16. The quantitative estimate of drug-likeness (QED) is 0.736. The van der Waals surface area contributed by atoms with Gasteiger partial charge in [0, 0.05) is 19.0 Å². The normalized spacial score (nSPS) is 11.7. The molecule has 3 rings (SSSR count). The van der Waals surface area contributed by atoms with Crippen molar-refractivity contribution in [3.63, 3.8) is 0 Å². The van der Waals surface area contributed by atoms with Crippen molar-refractivity contribution in [1.29, 1.82) is 0 Å². The highest BCUT2D eigenvalue weighted by molar-refractivity contribution is 6.07. The standard InChI is InChI=1S/C18H25N5/c1-12-7-8-14-15(11-12)20-18-16(13(2)21-23(18)5)17(14)19-9-6-10-22(3)4/h7-8,11H,6,9-10H2,1-5H3,(H,19,20). The average molecular weight is 311 g/mol. The van der Waals surface area contributed by atoms with Gasteiger partial charge in [0.15, 0.2) is 5.65 Å². The summed E-state index contributed by atoms with van der Waals surface area (Å²) >= 11 is 0. The lowest BCUT2D eigenvalue weighted by Gasteiger charge is -2.14. The molecule has 0 saturated carbocycles. The molecule has 0 unspecified atom stereocenters. The van der Waals surface area contributed by atoms with Crippen LogP contribution in [-0.4, -0.2) is 46.8 Å². The van der Waals surface area contributed by atoms with Crippen LogP contribution in [0.15, 0.2) is 18.2 Å². The summed E-state index contributed by atoms with van der Waals surface area (Å²) in [7, 11) is 6.17. The van der Waals surface area contributed by atoms with Gasteiger partial charge in [-0.1, -0.05) is 12.1 Å². The van der Waals surface area contributed by atoms with E-state index in [1.807, 2.05) is 11.7 Å². The Labute approximate surface area is 137 Å². The van der Waals surface area contributed by atoms with Crippen LogP contribution in [0.5, 0.6) is 0 Å². The number of aryl methyl sites for hydroxylation is 3. The molecule has 1 N–H and O–H groups in total. The van der Waals surface area contributed by atoms with Gasteiger partial charge in [-0.15, -0.1) is 0 Å². The van der Waals surface area contributed by atoms with Gasteiger partial charge in [-0.05, 0) is 52.5 Å². The second kappa shape index (κ2) is 6.16. The Kier molecular flexibility index (Phi) is 4.22. The molecule has 2 heterocycles. The lowest BCUT2D eigenvalue weighted by atomic mass is 10.1. The Hall–Kier alpha value is -2.14. The Morgan fingerprint density at radius 1 is 1.22 bits per heavy atom. The van der Waals surface area contributed by atoms with Crippen molar-refractivity contribution in [2.45, 2.75) is 20.3 Å². The molecular weight excluding hydrogens is 286 g/mol. The fourth-order valence-electron chi connectivity index (χ4n) is 3.05. The number of benzene rings is 1. The molecular formula is C18H25N5. The molecule has 0 spiro atoms. The maximum Gasteiger partial charge on any atom is 0.160 e. The minimum atomic E-state index is 0.939. The van der Waals surface area contributed by atoms with E-state index in [0.717, 1.165) is 47.4 Å². The SMILES string of the molecule is Cc1ccc2c(NCCCN(C)C)c3c(C)nn(C)c3nc2c1. The highest BCUT2D eigenvalue weighted by Crippen LogP contribution is 2.33. The molecule has 0 saturated heterocycles. The lowest BCUT2D eigenvalue weighted by Crippen LogP contribution is -2.16. The van der Waals surface area contributed by atoms with Crippen LogP contribution in [0.25, 0.3) is 21.9 Å². The molecule has 0 bridgehead atoms. The second-order valence-corrected chi connectivity index (χ2v) is 6.50. The Morgan fingerprint density at radius 2 is 2.00 bits per heavy atom. The molecule has 0 aliphatic rings. The van der Waals surface area contributed by atoms with Crippen LogP contribution in [0.4, 0.5) is 5.69 Å². The minimum Gasteiger partial charge on any atom is -0.384 e. The summed E-state index contributed by atoms with van der Waals surface area (Å²) in [5.41, 5.74) is 5.37. The molecule has 122 valence electrons. The third kappa shape index (κ3) is 3.01. The first-order valence-electron chi connectivity index (χ1n) is 8.09. The van der Waals surface area contributed by atoms with Crippen LogP contribution >= 0.6 is 0 Å². The lowest BCUT2D eigenvalue weighted by molar-refractivity contribution is 0.405. The zero-order chi connectivity index (χ0) is 16.6. The van der Waals surface area contributed by atoms with E-state index in [0.29, 0.717) is 0 Å². The van der Waals surface area contributed by atoms with Crippen molar-refractivity contribution < 1.29 is 0 Å². The molecule has 3 aromatic rings. The molecule has 0 aliphatic carbocycles. The highest BCUT2D eigenvalue weighted by Gasteiger charge is 2.15. The van der Waals surface area contributed by atoms with Crippen molar-refractivity contribution in [2.24, 2.45) is 7.05 Å². The van der Waals surface area contributed by atoms with Gasteiger partial charge in [0.2, 0.25) is 0 Å². The number of hydrogen-bond donors (Lipinski definition) is 1. The van der Waals surface area contributed by atoms with Gasteiger partial charge >= 0.3 is 0 Å². The van der Waals surface area contributed by atoms with E-state index < -0.39 is 0 Å². The van der Waals surface area contributed by atoms with Gasteiger partial charge in [-0.3, -0.25) is 4.68 Å². The summed E-state index contributed by atoms with van der Waals surface area (Å²) < 4.78 is 1.87. The first-order chi connectivity index (χ1) is 11.0. The van der Waals surface area contributed by atoms with E-state index in [1.54, 1.807) is 0 Å². The molecule has 1 aromatic carbocycles. The van der Waals surface area contributed by atoms with E-state index >= 15 is 0 Å². The van der Waals surface area contributed by atoms with Crippen molar-refractivity contribution >= 4 is 27.6 Å². The Balaban J connectivity index is 2.10. The van der Waals surface area contributed by atoms with Crippen LogP contribution in [-0.2, 0) is 7.05 Å². The fraction of sp³-hybridized carbons (Fsp3) is 0.444. The smallest absolute Gasteiger partial charge is 0.160 e. The maximum atomic E-state index is 4.83. The first-order valence-corrected chi connectivity index (χ1v) is 8.09. The first kappa shape index (κ1) is 15.7. The summed E-state index contributed by atoms with van der Waals surface area (Å²) in [6.07, 6.45) is 1.10. The average Bonchev–Trinajstić information content (AvgIpc) is 2.76. The minimum absolute atomic E-state index is 0.939. The van der Waals surface area contributed by atoms with E-state index in [1.165, 1.54) is 10.9 Å². The third-order valence-electron chi connectivity index (χ3n) is 4.17. The Morgan fingerprint density at radius 3 is 2.74 bits per heavy atom. The van der Waals surface area contributed by atoms with Crippen LogP contribution in [0.3, 0.4) is 0 Å². The van der Waals surface area contributed by atoms with Gasteiger partial charge in [0.1, 0.15) is 0 Å². The van der Waals surface area contributed by atoms with Gasteiger partial charge < -0.3 is 10.2 Å². The number of aromatic nitrogens is 3. The zero-order valence-electron chi connectivity index (χ0n) is 14.6. The number of nitrogens with zero attached hydrogens (tertiary/aromatic N) is 4. The molecule has 0 amide bonds. The van der Waals surface area contributed by atoms with Crippen molar-refractivity contribution in [3.8, 4) is 0 Å². The number of fused-ring (bicyclic) bond motifs is 2. The van der Waals surface area contributed by atoms with Crippen LogP contribution < -0.4 is 5.32 Å².